The molecule has 0 aliphatic heterocycles. The molecule has 2 aromatic rings. The molecule has 116 valence electrons. The van der Waals surface area contributed by atoms with Crippen molar-refractivity contribution in [2.24, 2.45) is 0 Å². The number of hydrogen-bond acceptors (Lipinski definition) is 2. The first-order valence-corrected chi connectivity index (χ1v) is 8.69. The molecule has 0 radical (unpaired) electrons. The number of hydrogen-bond donors (Lipinski definition) is 0. The van der Waals surface area contributed by atoms with Crippen LogP contribution in [0.5, 0.6) is 0 Å². The predicted molar refractivity (Wildman–Crippen MR) is 95.3 cm³/mol. The highest BCUT2D eigenvalue weighted by molar-refractivity contribution is 7.99. The van der Waals surface area contributed by atoms with Gasteiger partial charge in [-0.1, -0.05) is 53.6 Å². The summed E-state index contributed by atoms with van der Waals surface area (Å²) < 4.78 is 0. The zero-order valence-electron chi connectivity index (χ0n) is 12.9. The van der Waals surface area contributed by atoms with Crippen LogP contribution in [0.4, 0.5) is 0 Å². The van der Waals surface area contributed by atoms with Gasteiger partial charge in [-0.3, -0.25) is 4.79 Å². The topological polar surface area (TPSA) is 20.3 Å². The van der Waals surface area contributed by atoms with Crippen molar-refractivity contribution in [3.63, 3.8) is 0 Å². The van der Waals surface area contributed by atoms with Gasteiger partial charge in [0, 0.05) is 24.4 Å². The molecule has 2 rings (SSSR count). The van der Waals surface area contributed by atoms with Gasteiger partial charge in [-0.15, -0.1) is 11.8 Å². The van der Waals surface area contributed by atoms with Crippen molar-refractivity contribution in [1.29, 1.82) is 0 Å². The Morgan fingerprint density at radius 1 is 1.14 bits per heavy atom. The van der Waals surface area contributed by atoms with E-state index < -0.39 is 0 Å². The molecule has 0 fully saturated rings. The van der Waals surface area contributed by atoms with Crippen LogP contribution in [-0.2, 0) is 17.1 Å². The van der Waals surface area contributed by atoms with Crippen molar-refractivity contribution < 1.29 is 4.79 Å². The zero-order valence-corrected chi connectivity index (χ0v) is 14.5. The number of nitrogens with zero attached hydrogens (tertiary/aromatic N) is 1. The number of thioether (sulfide) groups is 1. The first-order chi connectivity index (χ1) is 10.5. The van der Waals surface area contributed by atoms with Gasteiger partial charge in [0.2, 0.25) is 5.91 Å². The van der Waals surface area contributed by atoms with Gasteiger partial charge in [-0.25, -0.2) is 0 Å². The quantitative estimate of drug-likeness (QED) is 0.773. The Hall–Kier alpha value is -1.45. The van der Waals surface area contributed by atoms with Crippen molar-refractivity contribution in [1.82, 2.24) is 4.90 Å². The first kappa shape index (κ1) is 16.9. The number of amides is 1. The van der Waals surface area contributed by atoms with E-state index in [0.717, 1.165) is 11.3 Å². The molecule has 2 aromatic carbocycles. The molecule has 0 N–H and O–H groups in total. The Morgan fingerprint density at radius 3 is 2.59 bits per heavy atom. The SMILES string of the molecule is Cc1cccc(CSCC(=O)N(C)Cc2cccc(Cl)c2)c1. The van der Waals surface area contributed by atoms with E-state index in [0.29, 0.717) is 17.3 Å². The second kappa shape index (κ2) is 8.25. The molecule has 0 saturated carbocycles. The standard InChI is InChI=1S/C18H20ClNOS/c1-14-5-3-7-16(9-14)12-22-13-18(21)20(2)11-15-6-4-8-17(19)10-15/h3-10H,11-13H2,1-2H3. The number of carbonyl (C=O) groups is 1. The molecule has 4 heteroatoms. The molecule has 0 saturated heterocycles. The molecule has 2 nitrogen and oxygen atoms in total. The van der Waals surface area contributed by atoms with E-state index in [1.54, 1.807) is 16.7 Å². The van der Waals surface area contributed by atoms with Gasteiger partial charge in [-0.2, -0.15) is 0 Å². The van der Waals surface area contributed by atoms with Crippen LogP contribution < -0.4 is 0 Å². The van der Waals surface area contributed by atoms with E-state index in [1.807, 2.05) is 31.3 Å². The molecule has 0 aliphatic carbocycles. The number of carbonyl (C=O) groups excluding carboxylic acids is 1. The van der Waals surface area contributed by atoms with Gasteiger partial charge in [0.15, 0.2) is 0 Å². The lowest BCUT2D eigenvalue weighted by Crippen LogP contribution is -2.27. The lowest BCUT2D eigenvalue weighted by molar-refractivity contribution is -0.127. The van der Waals surface area contributed by atoms with Crippen LogP contribution >= 0.6 is 23.4 Å². The maximum atomic E-state index is 12.2. The van der Waals surface area contributed by atoms with Crippen LogP contribution in [0.3, 0.4) is 0 Å². The van der Waals surface area contributed by atoms with E-state index >= 15 is 0 Å². The molecule has 0 aromatic heterocycles. The zero-order chi connectivity index (χ0) is 15.9. The number of rotatable bonds is 6. The maximum Gasteiger partial charge on any atom is 0.232 e. The van der Waals surface area contributed by atoms with E-state index in [9.17, 15) is 4.79 Å². The minimum Gasteiger partial charge on any atom is -0.341 e. The van der Waals surface area contributed by atoms with Gasteiger partial charge in [0.05, 0.1) is 5.75 Å². The molecule has 22 heavy (non-hydrogen) atoms. The summed E-state index contributed by atoms with van der Waals surface area (Å²) in [4.78, 5) is 13.9. The first-order valence-electron chi connectivity index (χ1n) is 7.16. The molecule has 0 atom stereocenters. The average Bonchev–Trinajstić information content (AvgIpc) is 2.47. The molecule has 0 heterocycles. The Morgan fingerprint density at radius 2 is 1.86 bits per heavy atom. The van der Waals surface area contributed by atoms with Gasteiger partial charge < -0.3 is 4.90 Å². The minimum absolute atomic E-state index is 0.137. The normalized spacial score (nSPS) is 10.5. The average molecular weight is 334 g/mol. The molecule has 0 bridgehead atoms. The highest BCUT2D eigenvalue weighted by Crippen LogP contribution is 2.15. The van der Waals surface area contributed by atoms with Gasteiger partial charge in [0.1, 0.15) is 0 Å². The largest absolute Gasteiger partial charge is 0.341 e. The van der Waals surface area contributed by atoms with Crippen molar-refractivity contribution in [2.75, 3.05) is 12.8 Å². The summed E-state index contributed by atoms with van der Waals surface area (Å²) in [6, 6.07) is 16.0. The molecule has 0 unspecified atom stereocenters. The third kappa shape index (κ3) is 5.39. The van der Waals surface area contributed by atoms with E-state index in [2.05, 4.69) is 31.2 Å². The summed E-state index contributed by atoms with van der Waals surface area (Å²) in [5.74, 6) is 1.49. The smallest absolute Gasteiger partial charge is 0.232 e. The Labute approximate surface area is 141 Å². The molecular formula is C18H20ClNOS. The lowest BCUT2D eigenvalue weighted by Gasteiger charge is -2.17. The summed E-state index contributed by atoms with van der Waals surface area (Å²) in [6.45, 7) is 2.67. The summed E-state index contributed by atoms with van der Waals surface area (Å²) in [7, 11) is 1.83. The third-order valence-electron chi connectivity index (χ3n) is 3.31. The number of benzene rings is 2. The van der Waals surface area contributed by atoms with Crippen LogP contribution in [0.2, 0.25) is 5.02 Å². The van der Waals surface area contributed by atoms with E-state index in [1.165, 1.54) is 11.1 Å². The van der Waals surface area contributed by atoms with E-state index in [-0.39, 0.29) is 5.91 Å². The van der Waals surface area contributed by atoms with Crippen molar-refractivity contribution in [3.05, 3.63) is 70.2 Å². The molecule has 0 aliphatic rings. The number of aryl methyl sites for hydroxylation is 1. The van der Waals surface area contributed by atoms with Crippen molar-refractivity contribution >= 4 is 29.3 Å². The summed E-state index contributed by atoms with van der Waals surface area (Å²) >= 11 is 7.61. The molecule has 0 spiro atoms. The third-order valence-corrected chi connectivity index (χ3v) is 4.53. The van der Waals surface area contributed by atoms with Crippen LogP contribution in [0.25, 0.3) is 0 Å². The fraction of sp³-hybridized carbons (Fsp3) is 0.278. The Balaban J connectivity index is 1.79. The predicted octanol–water partition coefficient (Wildman–Crippen LogP) is 4.54. The van der Waals surface area contributed by atoms with Crippen LogP contribution in [-0.4, -0.2) is 23.6 Å². The maximum absolute atomic E-state index is 12.2. The fourth-order valence-electron chi connectivity index (χ4n) is 2.17. The van der Waals surface area contributed by atoms with E-state index in [4.69, 9.17) is 11.6 Å². The van der Waals surface area contributed by atoms with Crippen molar-refractivity contribution in [3.8, 4) is 0 Å². The molecule has 1 amide bonds. The summed E-state index contributed by atoms with van der Waals surface area (Å²) in [6.07, 6.45) is 0. The van der Waals surface area contributed by atoms with Crippen molar-refractivity contribution in [2.45, 2.75) is 19.2 Å². The highest BCUT2D eigenvalue weighted by Gasteiger charge is 2.09. The fourth-order valence-corrected chi connectivity index (χ4v) is 3.29. The summed E-state index contributed by atoms with van der Waals surface area (Å²) in [5.41, 5.74) is 3.56. The second-order valence-corrected chi connectivity index (χ2v) is 6.78. The van der Waals surface area contributed by atoms with Gasteiger partial charge in [-0.05, 0) is 30.2 Å². The van der Waals surface area contributed by atoms with Gasteiger partial charge >= 0.3 is 0 Å². The lowest BCUT2D eigenvalue weighted by atomic mass is 10.2. The highest BCUT2D eigenvalue weighted by atomic mass is 35.5. The Bertz CT molecular complexity index is 644. The number of halogens is 1. The minimum atomic E-state index is 0.137. The summed E-state index contributed by atoms with van der Waals surface area (Å²) in [5, 5.41) is 0.701. The monoisotopic (exact) mass is 333 g/mol. The van der Waals surface area contributed by atoms with Crippen LogP contribution in [0, 0.1) is 6.92 Å². The van der Waals surface area contributed by atoms with Crippen LogP contribution in [0.1, 0.15) is 16.7 Å². The van der Waals surface area contributed by atoms with Crippen LogP contribution in [0.15, 0.2) is 48.5 Å². The second-order valence-electron chi connectivity index (χ2n) is 5.36. The Kier molecular flexibility index (Phi) is 6.34. The van der Waals surface area contributed by atoms with Gasteiger partial charge in [0.25, 0.3) is 0 Å². The molecular weight excluding hydrogens is 314 g/mol.